The van der Waals surface area contributed by atoms with Gasteiger partial charge in [0, 0.05) is 13.0 Å². The first kappa shape index (κ1) is 19.6. The third-order valence-electron chi connectivity index (χ3n) is 3.83. The summed E-state index contributed by atoms with van der Waals surface area (Å²) in [6.45, 7) is 4.57. The van der Waals surface area contributed by atoms with E-state index in [-0.39, 0.29) is 11.8 Å². The molecule has 0 fully saturated rings. The molecule has 2 N–H and O–H groups in total. The van der Waals surface area contributed by atoms with Crippen LogP contribution < -0.4 is 10.6 Å². The summed E-state index contributed by atoms with van der Waals surface area (Å²) in [7, 11) is 0. The Kier molecular flexibility index (Phi) is 9.45. The molecule has 1 aromatic carbocycles. The fraction of sp³-hybridized carbons (Fsp3) is 0.556. The van der Waals surface area contributed by atoms with E-state index in [0.717, 1.165) is 12.2 Å². The van der Waals surface area contributed by atoms with Crippen LogP contribution in [0.4, 0.5) is 0 Å². The first-order valence-corrected chi connectivity index (χ1v) is 9.58. The Bertz CT molecular complexity index is 479. The van der Waals surface area contributed by atoms with Crippen LogP contribution in [0.5, 0.6) is 0 Å². The monoisotopic (exact) mass is 336 g/mol. The van der Waals surface area contributed by atoms with Crippen LogP contribution in [0.25, 0.3) is 0 Å². The van der Waals surface area contributed by atoms with Crippen LogP contribution in [0.15, 0.2) is 30.3 Å². The van der Waals surface area contributed by atoms with Crippen LogP contribution in [-0.4, -0.2) is 36.4 Å². The molecule has 0 radical (unpaired) electrons. The van der Waals surface area contributed by atoms with E-state index in [4.69, 9.17) is 0 Å². The summed E-state index contributed by atoms with van der Waals surface area (Å²) in [5.74, 6) is 1.08. The molecule has 0 aliphatic heterocycles. The van der Waals surface area contributed by atoms with E-state index in [1.54, 1.807) is 18.7 Å². The average Bonchev–Trinajstić information content (AvgIpc) is 2.58. The zero-order chi connectivity index (χ0) is 17.1. The van der Waals surface area contributed by atoms with Gasteiger partial charge >= 0.3 is 0 Å². The van der Waals surface area contributed by atoms with Crippen LogP contribution in [0.2, 0.25) is 0 Å². The third kappa shape index (κ3) is 7.55. The van der Waals surface area contributed by atoms with Gasteiger partial charge in [-0.2, -0.15) is 11.8 Å². The second-order valence-electron chi connectivity index (χ2n) is 5.65. The fourth-order valence-electron chi connectivity index (χ4n) is 2.28. The zero-order valence-corrected chi connectivity index (χ0v) is 15.1. The van der Waals surface area contributed by atoms with Crippen LogP contribution in [0.3, 0.4) is 0 Å². The van der Waals surface area contributed by atoms with Gasteiger partial charge in [-0.3, -0.25) is 9.59 Å². The number of carbonyl (C=O) groups excluding carboxylic acids is 2. The fourth-order valence-corrected chi connectivity index (χ4v) is 2.76. The average molecular weight is 337 g/mol. The highest BCUT2D eigenvalue weighted by Gasteiger charge is 2.19. The predicted molar refractivity (Wildman–Crippen MR) is 97.7 cm³/mol. The summed E-state index contributed by atoms with van der Waals surface area (Å²) >= 11 is 1.68. The Balaban J connectivity index is 2.43. The summed E-state index contributed by atoms with van der Waals surface area (Å²) in [6.07, 6.45) is 3.94. The molecule has 0 saturated carbocycles. The molecule has 0 saturated heterocycles. The molecule has 128 valence electrons. The minimum atomic E-state index is -0.429. The van der Waals surface area contributed by atoms with Crippen molar-refractivity contribution in [2.45, 2.75) is 45.1 Å². The maximum Gasteiger partial charge on any atom is 0.242 e. The van der Waals surface area contributed by atoms with Crippen molar-refractivity contribution in [2.24, 2.45) is 0 Å². The smallest absolute Gasteiger partial charge is 0.242 e. The summed E-state index contributed by atoms with van der Waals surface area (Å²) < 4.78 is 0. The molecule has 0 aliphatic carbocycles. The largest absolute Gasteiger partial charge is 0.354 e. The molecule has 2 atom stereocenters. The first-order valence-electron chi connectivity index (χ1n) is 8.19. The van der Waals surface area contributed by atoms with E-state index in [2.05, 4.69) is 29.7 Å². The van der Waals surface area contributed by atoms with Crippen molar-refractivity contribution >= 4 is 23.6 Å². The van der Waals surface area contributed by atoms with E-state index in [9.17, 15) is 9.59 Å². The third-order valence-corrected chi connectivity index (χ3v) is 4.47. The maximum absolute atomic E-state index is 12.3. The molecule has 0 bridgehead atoms. The summed E-state index contributed by atoms with van der Waals surface area (Å²) in [5.41, 5.74) is 1.28. The molecule has 0 aliphatic rings. The minimum absolute atomic E-state index is 0.0797. The van der Waals surface area contributed by atoms with Gasteiger partial charge < -0.3 is 10.6 Å². The molecule has 0 spiro atoms. The number of carbonyl (C=O) groups is 2. The Morgan fingerprint density at radius 2 is 1.87 bits per heavy atom. The molecule has 1 rings (SSSR count). The lowest BCUT2D eigenvalue weighted by atomic mass is 9.98. The molecule has 2 amide bonds. The lowest BCUT2D eigenvalue weighted by Gasteiger charge is -2.19. The lowest BCUT2D eigenvalue weighted by molar-refractivity contribution is -0.128. The van der Waals surface area contributed by atoms with Gasteiger partial charge in [-0.05, 0) is 36.3 Å². The molecular weight excluding hydrogens is 308 g/mol. The SMILES string of the molecule is CCC(=O)N[C@H](CCSC)C(=O)NCC[C@H](C)c1ccccc1. The van der Waals surface area contributed by atoms with Crippen LogP contribution in [-0.2, 0) is 9.59 Å². The predicted octanol–water partition coefficient (Wildman–Crippen LogP) is 2.94. The topological polar surface area (TPSA) is 58.2 Å². The number of hydrogen-bond acceptors (Lipinski definition) is 3. The van der Waals surface area contributed by atoms with Crippen molar-refractivity contribution in [1.82, 2.24) is 10.6 Å². The van der Waals surface area contributed by atoms with Gasteiger partial charge in [0.1, 0.15) is 6.04 Å². The number of hydrogen-bond donors (Lipinski definition) is 2. The van der Waals surface area contributed by atoms with Gasteiger partial charge in [0.05, 0.1) is 0 Å². The van der Waals surface area contributed by atoms with Crippen LogP contribution in [0, 0.1) is 0 Å². The lowest BCUT2D eigenvalue weighted by Crippen LogP contribution is -2.47. The summed E-state index contributed by atoms with van der Waals surface area (Å²) in [5, 5.41) is 5.77. The Hall–Kier alpha value is -1.49. The molecule has 0 unspecified atom stereocenters. The number of nitrogens with one attached hydrogen (secondary N) is 2. The van der Waals surface area contributed by atoms with Crippen LogP contribution >= 0.6 is 11.8 Å². The highest BCUT2D eigenvalue weighted by molar-refractivity contribution is 7.98. The van der Waals surface area contributed by atoms with Gasteiger partial charge in [-0.1, -0.05) is 44.2 Å². The second kappa shape index (κ2) is 11.1. The highest BCUT2D eigenvalue weighted by Crippen LogP contribution is 2.17. The van der Waals surface area contributed by atoms with E-state index >= 15 is 0 Å². The Labute approximate surface area is 143 Å². The second-order valence-corrected chi connectivity index (χ2v) is 6.63. The standard InChI is InChI=1S/C18H28N2O2S/c1-4-17(21)20-16(11-13-23-3)18(22)19-12-10-14(2)15-8-6-5-7-9-15/h5-9,14,16H,4,10-13H2,1-3H3,(H,19,22)(H,20,21)/t14-,16+/m0/s1. The maximum atomic E-state index is 12.3. The van der Waals surface area contributed by atoms with E-state index in [0.29, 0.717) is 25.3 Å². The van der Waals surface area contributed by atoms with Crippen molar-refractivity contribution in [3.63, 3.8) is 0 Å². The van der Waals surface area contributed by atoms with E-state index in [1.807, 2.05) is 24.5 Å². The Morgan fingerprint density at radius 1 is 1.17 bits per heavy atom. The highest BCUT2D eigenvalue weighted by atomic mass is 32.2. The summed E-state index contributed by atoms with van der Waals surface area (Å²) in [4.78, 5) is 23.8. The molecule has 4 nitrogen and oxygen atoms in total. The number of rotatable bonds is 10. The molecular formula is C18H28N2O2S. The van der Waals surface area contributed by atoms with Gasteiger partial charge in [-0.25, -0.2) is 0 Å². The minimum Gasteiger partial charge on any atom is -0.354 e. The van der Waals surface area contributed by atoms with Gasteiger partial charge in [0.15, 0.2) is 0 Å². The molecule has 0 heterocycles. The Morgan fingerprint density at radius 3 is 2.48 bits per heavy atom. The zero-order valence-electron chi connectivity index (χ0n) is 14.3. The van der Waals surface area contributed by atoms with Crippen molar-refractivity contribution in [3.05, 3.63) is 35.9 Å². The number of benzene rings is 1. The number of amides is 2. The van der Waals surface area contributed by atoms with Crippen molar-refractivity contribution in [2.75, 3.05) is 18.6 Å². The van der Waals surface area contributed by atoms with E-state index < -0.39 is 6.04 Å². The number of thioether (sulfide) groups is 1. The van der Waals surface area contributed by atoms with Crippen LogP contribution in [0.1, 0.15) is 44.6 Å². The first-order chi connectivity index (χ1) is 11.1. The quantitative estimate of drug-likeness (QED) is 0.691. The molecule has 23 heavy (non-hydrogen) atoms. The molecule has 1 aromatic rings. The van der Waals surface area contributed by atoms with Gasteiger partial charge in [-0.15, -0.1) is 0 Å². The molecule has 5 heteroatoms. The normalized spacial score (nSPS) is 13.2. The van der Waals surface area contributed by atoms with Crippen molar-refractivity contribution in [3.8, 4) is 0 Å². The van der Waals surface area contributed by atoms with E-state index in [1.165, 1.54) is 5.56 Å². The summed E-state index contributed by atoms with van der Waals surface area (Å²) in [6, 6.07) is 9.85. The molecule has 0 aromatic heterocycles. The van der Waals surface area contributed by atoms with Crippen molar-refractivity contribution < 1.29 is 9.59 Å². The van der Waals surface area contributed by atoms with Crippen molar-refractivity contribution in [1.29, 1.82) is 0 Å². The van der Waals surface area contributed by atoms with Gasteiger partial charge in [0.25, 0.3) is 0 Å². The van der Waals surface area contributed by atoms with Gasteiger partial charge in [0.2, 0.25) is 11.8 Å².